The van der Waals surface area contributed by atoms with Crippen molar-refractivity contribution in [2.75, 3.05) is 39.9 Å². The molecule has 0 amide bonds. The first-order chi connectivity index (χ1) is 9.78. The summed E-state index contributed by atoms with van der Waals surface area (Å²) in [6.45, 7) is 6.37. The zero-order chi connectivity index (χ0) is 14.2. The summed E-state index contributed by atoms with van der Waals surface area (Å²) in [5.41, 5.74) is 1.40. The largest absolute Gasteiger partial charge is 0.383 e. The number of rotatable bonds is 7. The Kier molecular flexibility index (Phi) is 7.00. The van der Waals surface area contributed by atoms with Crippen molar-refractivity contribution in [1.82, 2.24) is 10.2 Å². The van der Waals surface area contributed by atoms with Crippen LogP contribution in [0.4, 0.5) is 0 Å². The molecule has 1 aliphatic heterocycles. The molecule has 112 valence electrons. The fourth-order valence-electron chi connectivity index (χ4n) is 2.79. The van der Waals surface area contributed by atoms with E-state index in [1.54, 1.807) is 7.11 Å². The van der Waals surface area contributed by atoms with Crippen molar-refractivity contribution in [1.29, 1.82) is 0 Å². The fourth-order valence-corrected chi connectivity index (χ4v) is 3.05. The molecule has 1 saturated heterocycles. The highest BCUT2D eigenvalue weighted by molar-refractivity contribution is 9.10. The second-order valence-corrected chi connectivity index (χ2v) is 6.48. The summed E-state index contributed by atoms with van der Waals surface area (Å²) >= 11 is 3.49. The number of nitrogens with zero attached hydrogens (tertiary/aromatic N) is 1. The lowest BCUT2D eigenvalue weighted by atomic mass is 9.97. The molecule has 3 nitrogen and oxygen atoms in total. The van der Waals surface area contributed by atoms with Crippen molar-refractivity contribution in [3.8, 4) is 0 Å². The van der Waals surface area contributed by atoms with Crippen LogP contribution in [0.1, 0.15) is 18.4 Å². The summed E-state index contributed by atoms with van der Waals surface area (Å²) in [5, 5.41) is 3.49. The Bertz CT molecular complexity index is 383. The molecule has 0 aromatic heterocycles. The summed E-state index contributed by atoms with van der Waals surface area (Å²) in [5.74, 6) is 0.774. The molecule has 1 unspecified atom stereocenters. The van der Waals surface area contributed by atoms with Crippen molar-refractivity contribution in [2.24, 2.45) is 5.92 Å². The second kappa shape index (κ2) is 8.78. The molecule has 1 aliphatic rings. The fraction of sp³-hybridized carbons (Fsp3) is 0.625. The number of methoxy groups -OCH3 is 1. The molecule has 1 atom stereocenters. The molecule has 0 radical (unpaired) electrons. The van der Waals surface area contributed by atoms with Crippen molar-refractivity contribution in [3.63, 3.8) is 0 Å². The van der Waals surface area contributed by atoms with Crippen LogP contribution in [-0.4, -0.2) is 44.8 Å². The van der Waals surface area contributed by atoms with Crippen LogP contribution in [0, 0.1) is 5.92 Å². The molecule has 0 bridgehead atoms. The quantitative estimate of drug-likeness (QED) is 0.772. The zero-order valence-electron chi connectivity index (χ0n) is 12.3. The lowest BCUT2D eigenvalue weighted by Gasteiger charge is -2.33. The van der Waals surface area contributed by atoms with E-state index >= 15 is 0 Å². The first kappa shape index (κ1) is 16.0. The van der Waals surface area contributed by atoms with Gasteiger partial charge < -0.3 is 10.1 Å². The number of hydrogen-bond acceptors (Lipinski definition) is 3. The van der Waals surface area contributed by atoms with Crippen LogP contribution < -0.4 is 5.32 Å². The molecule has 0 spiro atoms. The first-order valence-electron chi connectivity index (χ1n) is 7.44. The van der Waals surface area contributed by atoms with E-state index in [0.717, 1.165) is 36.6 Å². The van der Waals surface area contributed by atoms with Crippen LogP contribution in [0.15, 0.2) is 28.7 Å². The summed E-state index contributed by atoms with van der Waals surface area (Å²) in [6.07, 6.45) is 2.66. The minimum absolute atomic E-state index is 0.774. The van der Waals surface area contributed by atoms with E-state index < -0.39 is 0 Å². The number of likely N-dealkylation sites (tertiary alicyclic amines) is 1. The van der Waals surface area contributed by atoms with Gasteiger partial charge in [0.15, 0.2) is 0 Å². The smallest absolute Gasteiger partial charge is 0.0587 e. The van der Waals surface area contributed by atoms with Gasteiger partial charge >= 0.3 is 0 Å². The topological polar surface area (TPSA) is 24.5 Å². The third kappa shape index (κ3) is 5.52. The lowest BCUT2D eigenvalue weighted by molar-refractivity contribution is 0.159. The van der Waals surface area contributed by atoms with Gasteiger partial charge in [0.25, 0.3) is 0 Å². The molecule has 1 heterocycles. The molecule has 20 heavy (non-hydrogen) atoms. The van der Waals surface area contributed by atoms with Gasteiger partial charge in [0.05, 0.1) is 6.61 Å². The Morgan fingerprint density at radius 2 is 2.15 bits per heavy atom. The summed E-state index contributed by atoms with van der Waals surface area (Å²) in [6, 6.07) is 8.68. The predicted octanol–water partition coefficient (Wildman–Crippen LogP) is 2.90. The minimum atomic E-state index is 0.774. The molecule has 0 saturated carbocycles. The van der Waals surface area contributed by atoms with E-state index in [9.17, 15) is 0 Å². The van der Waals surface area contributed by atoms with Gasteiger partial charge in [-0.3, -0.25) is 4.90 Å². The van der Waals surface area contributed by atoms with Crippen LogP contribution >= 0.6 is 15.9 Å². The van der Waals surface area contributed by atoms with E-state index in [-0.39, 0.29) is 0 Å². The predicted molar refractivity (Wildman–Crippen MR) is 86.9 cm³/mol. The Hall–Kier alpha value is -0.420. The molecule has 1 aromatic carbocycles. The van der Waals surface area contributed by atoms with E-state index in [2.05, 4.69) is 50.4 Å². The SMILES string of the molecule is COCCNCC1CCCN(Cc2ccc(Br)cc2)C1. The molecule has 4 heteroatoms. The van der Waals surface area contributed by atoms with Gasteiger partial charge in [-0.05, 0) is 49.5 Å². The van der Waals surface area contributed by atoms with Crippen LogP contribution in [-0.2, 0) is 11.3 Å². The van der Waals surface area contributed by atoms with Crippen molar-refractivity contribution in [3.05, 3.63) is 34.3 Å². The van der Waals surface area contributed by atoms with Gasteiger partial charge in [0.2, 0.25) is 0 Å². The molecular formula is C16H25BrN2O. The number of nitrogens with one attached hydrogen (secondary N) is 1. The molecule has 0 aliphatic carbocycles. The van der Waals surface area contributed by atoms with Gasteiger partial charge in [-0.2, -0.15) is 0 Å². The van der Waals surface area contributed by atoms with Gasteiger partial charge in [0.1, 0.15) is 0 Å². The van der Waals surface area contributed by atoms with Crippen LogP contribution in [0.2, 0.25) is 0 Å². The maximum absolute atomic E-state index is 5.06. The van der Waals surface area contributed by atoms with Gasteiger partial charge in [-0.25, -0.2) is 0 Å². The number of hydrogen-bond donors (Lipinski definition) is 1. The Labute approximate surface area is 130 Å². The number of benzene rings is 1. The lowest BCUT2D eigenvalue weighted by Crippen LogP contribution is -2.39. The second-order valence-electron chi connectivity index (χ2n) is 5.57. The molecule has 1 aromatic rings. The molecule has 1 N–H and O–H groups in total. The maximum Gasteiger partial charge on any atom is 0.0587 e. The monoisotopic (exact) mass is 340 g/mol. The highest BCUT2D eigenvalue weighted by atomic mass is 79.9. The normalized spacial score (nSPS) is 20.2. The van der Waals surface area contributed by atoms with E-state index in [1.807, 2.05) is 0 Å². The molecule has 2 rings (SSSR count). The van der Waals surface area contributed by atoms with E-state index in [0.29, 0.717) is 0 Å². The summed E-state index contributed by atoms with van der Waals surface area (Å²) < 4.78 is 6.22. The highest BCUT2D eigenvalue weighted by Gasteiger charge is 2.19. The van der Waals surface area contributed by atoms with Crippen LogP contribution in [0.3, 0.4) is 0 Å². The number of ether oxygens (including phenoxy) is 1. The number of halogens is 1. The van der Waals surface area contributed by atoms with Gasteiger partial charge in [-0.1, -0.05) is 28.1 Å². The van der Waals surface area contributed by atoms with Gasteiger partial charge in [-0.15, -0.1) is 0 Å². The van der Waals surface area contributed by atoms with Crippen molar-refractivity contribution in [2.45, 2.75) is 19.4 Å². The summed E-state index contributed by atoms with van der Waals surface area (Å²) in [7, 11) is 1.75. The van der Waals surface area contributed by atoms with Crippen LogP contribution in [0.25, 0.3) is 0 Å². The summed E-state index contributed by atoms with van der Waals surface area (Å²) in [4.78, 5) is 2.58. The van der Waals surface area contributed by atoms with E-state index in [4.69, 9.17) is 4.74 Å². The van der Waals surface area contributed by atoms with E-state index in [1.165, 1.54) is 31.5 Å². The van der Waals surface area contributed by atoms with Gasteiger partial charge in [0, 0.05) is 31.2 Å². The Morgan fingerprint density at radius 3 is 2.90 bits per heavy atom. The average molecular weight is 341 g/mol. The maximum atomic E-state index is 5.06. The highest BCUT2D eigenvalue weighted by Crippen LogP contribution is 2.19. The van der Waals surface area contributed by atoms with Crippen molar-refractivity contribution >= 4 is 15.9 Å². The molecular weight excluding hydrogens is 316 g/mol. The third-order valence-electron chi connectivity index (χ3n) is 3.84. The molecule has 1 fully saturated rings. The minimum Gasteiger partial charge on any atom is -0.383 e. The zero-order valence-corrected chi connectivity index (χ0v) is 13.9. The van der Waals surface area contributed by atoms with Crippen LogP contribution in [0.5, 0.6) is 0 Å². The Morgan fingerprint density at radius 1 is 1.35 bits per heavy atom. The van der Waals surface area contributed by atoms with Crippen molar-refractivity contribution < 1.29 is 4.74 Å². The standard InChI is InChI=1S/C16H25BrN2O/c1-20-10-8-18-11-15-3-2-9-19(13-15)12-14-4-6-16(17)7-5-14/h4-7,15,18H,2-3,8-13H2,1H3. The number of piperidine rings is 1. The average Bonchev–Trinajstić information content (AvgIpc) is 2.47. The third-order valence-corrected chi connectivity index (χ3v) is 4.37. The Balaban J connectivity index is 1.74. The first-order valence-corrected chi connectivity index (χ1v) is 8.23.